The molecule has 0 saturated heterocycles. The summed E-state index contributed by atoms with van der Waals surface area (Å²) in [6.45, 7) is 5.80. The van der Waals surface area contributed by atoms with E-state index in [1.54, 1.807) is 6.33 Å². The minimum Gasteiger partial charge on any atom is -0.370 e. The zero-order valence-corrected chi connectivity index (χ0v) is 12.9. The van der Waals surface area contributed by atoms with E-state index in [1.165, 1.54) is 0 Å². The first kappa shape index (κ1) is 15.2. The average Bonchev–Trinajstić information content (AvgIpc) is 2.85. The number of aryl methyl sites for hydroxylation is 2. The Kier molecular flexibility index (Phi) is 5.48. The van der Waals surface area contributed by atoms with Crippen LogP contribution < -0.4 is 10.6 Å². The molecule has 0 bridgehead atoms. The monoisotopic (exact) mass is 289 g/mol. The molecular weight excluding hydrogens is 266 g/mol. The van der Waals surface area contributed by atoms with Gasteiger partial charge in [-0.05, 0) is 13.3 Å². The highest BCUT2D eigenvalue weighted by Gasteiger charge is 2.05. The van der Waals surface area contributed by atoms with E-state index in [4.69, 9.17) is 0 Å². The van der Waals surface area contributed by atoms with Crippen LogP contribution in [-0.2, 0) is 19.9 Å². The number of anilines is 2. The predicted octanol–water partition coefficient (Wildman–Crippen LogP) is 1.64. The Hall–Kier alpha value is -2.18. The Morgan fingerprint density at radius 3 is 2.48 bits per heavy atom. The van der Waals surface area contributed by atoms with Gasteiger partial charge in [-0.25, -0.2) is 9.97 Å². The lowest BCUT2D eigenvalue weighted by atomic mass is 10.3. The molecule has 7 nitrogen and oxygen atoms in total. The molecule has 21 heavy (non-hydrogen) atoms. The summed E-state index contributed by atoms with van der Waals surface area (Å²) in [5, 5.41) is 14.5. The van der Waals surface area contributed by atoms with Crippen LogP contribution in [0.15, 0.2) is 12.4 Å². The molecule has 0 aliphatic carbocycles. The number of hydrogen-bond donors (Lipinski definition) is 2. The highest BCUT2D eigenvalue weighted by Crippen LogP contribution is 2.12. The molecule has 0 unspecified atom stereocenters. The largest absolute Gasteiger partial charge is 0.370 e. The van der Waals surface area contributed by atoms with Crippen LogP contribution in [0.3, 0.4) is 0 Å². The summed E-state index contributed by atoms with van der Waals surface area (Å²) in [6.07, 6.45) is 4.44. The molecule has 0 amide bonds. The molecule has 0 radical (unpaired) electrons. The van der Waals surface area contributed by atoms with Crippen LogP contribution in [0.1, 0.15) is 31.9 Å². The van der Waals surface area contributed by atoms with E-state index in [9.17, 15) is 0 Å². The Morgan fingerprint density at radius 2 is 1.86 bits per heavy atom. The van der Waals surface area contributed by atoms with E-state index in [-0.39, 0.29) is 0 Å². The Morgan fingerprint density at radius 1 is 1.10 bits per heavy atom. The SMILES string of the molecule is CCCc1nc(NCC)cc(NCCc2nncn2C)n1. The van der Waals surface area contributed by atoms with Crippen molar-refractivity contribution in [2.24, 2.45) is 7.05 Å². The summed E-state index contributed by atoms with van der Waals surface area (Å²) < 4.78 is 1.92. The maximum atomic E-state index is 4.54. The van der Waals surface area contributed by atoms with E-state index < -0.39 is 0 Å². The molecule has 2 N–H and O–H groups in total. The fourth-order valence-electron chi connectivity index (χ4n) is 2.03. The second-order valence-corrected chi connectivity index (χ2v) is 4.87. The van der Waals surface area contributed by atoms with Gasteiger partial charge in [0, 0.05) is 39.0 Å². The van der Waals surface area contributed by atoms with Gasteiger partial charge in [0.15, 0.2) is 0 Å². The number of rotatable bonds is 8. The maximum Gasteiger partial charge on any atom is 0.134 e. The third kappa shape index (κ3) is 4.40. The predicted molar refractivity (Wildman–Crippen MR) is 83.4 cm³/mol. The van der Waals surface area contributed by atoms with Crippen molar-refractivity contribution < 1.29 is 0 Å². The van der Waals surface area contributed by atoms with Gasteiger partial charge in [0.05, 0.1) is 0 Å². The highest BCUT2D eigenvalue weighted by molar-refractivity contribution is 5.47. The summed E-state index contributed by atoms with van der Waals surface area (Å²) in [4.78, 5) is 9.04. The fraction of sp³-hybridized carbons (Fsp3) is 0.571. The lowest BCUT2D eigenvalue weighted by molar-refractivity contribution is 0.784. The van der Waals surface area contributed by atoms with Crippen molar-refractivity contribution >= 4 is 11.6 Å². The fourth-order valence-corrected chi connectivity index (χ4v) is 2.03. The van der Waals surface area contributed by atoms with Gasteiger partial charge in [-0.15, -0.1) is 10.2 Å². The van der Waals surface area contributed by atoms with Gasteiger partial charge in [0.25, 0.3) is 0 Å². The molecule has 0 atom stereocenters. The number of hydrogen-bond acceptors (Lipinski definition) is 6. The molecule has 7 heteroatoms. The third-order valence-corrected chi connectivity index (χ3v) is 3.06. The molecule has 0 aliphatic rings. The molecule has 0 aromatic carbocycles. The van der Waals surface area contributed by atoms with Gasteiger partial charge >= 0.3 is 0 Å². The lowest BCUT2D eigenvalue weighted by Gasteiger charge is -2.10. The summed E-state index contributed by atoms with van der Waals surface area (Å²) in [6, 6.07) is 1.94. The van der Waals surface area contributed by atoms with Crippen LogP contribution in [-0.4, -0.2) is 37.8 Å². The van der Waals surface area contributed by atoms with E-state index >= 15 is 0 Å². The van der Waals surface area contributed by atoms with Crippen LogP contribution in [0, 0.1) is 0 Å². The van der Waals surface area contributed by atoms with E-state index in [0.717, 1.165) is 55.6 Å². The minimum atomic E-state index is 0.765. The first-order valence-corrected chi connectivity index (χ1v) is 7.41. The Balaban J connectivity index is 1.99. The Labute approximate surface area is 125 Å². The molecule has 2 heterocycles. The molecule has 2 aromatic rings. The van der Waals surface area contributed by atoms with Crippen LogP contribution in [0.25, 0.3) is 0 Å². The first-order chi connectivity index (χ1) is 10.2. The third-order valence-electron chi connectivity index (χ3n) is 3.06. The topological polar surface area (TPSA) is 80.5 Å². The van der Waals surface area contributed by atoms with E-state index in [2.05, 4.69) is 44.6 Å². The van der Waals surface area contributed by atoms with Crippen molar-refractivity contribution in [3.05, 3.63) is 24.0 Å². The van der Waals surface area contributed by atoms with Crippen LogP contribution in [0.2, 0.25) is 0 Å². The van der Waals surface area contributed by atoms with Crippen molar-refractivity contribution in [3.8, 4) is 0 Å². The van der Waals surface area contributed by atoms with Crippen molar-refractivity contribution in [1.82, 2.24) is 24.7 Å². The first-order valence-electron chi connectivity index (χ1n) is 7.41. The van der Waals surface area contributed by atoms with Crippen molar-refractivity contribution in [3.63, 3.8) is 0 Å². The van der Waals surface area contributed by atoms with Crippen molar-refractivity contribution in [2.45, 2.75) is 33.1 Å². The van der Waals surface area contributed by atoms with Gasteiger partial charge in [0.2, 0.25) is 0 Å². The quantitative estimate of drug-likeness (QED) is 0.769. The molecule has 0 saturated carbocycles. The molecule has 114 valence electrons. The van der Waals surface area contributed by atoms with Gasteiger partial charge in [-0.1, -0.05) is 6.92 Å². The van der Waals surface area contributed by atoms with Crippen molar-refractivity contribution in [1.29, 1.82) is 0 Å². The van der Waals surface area contributed by atoms with E-state index in [1.807, 2.05) is 17.7 Å². The number of nitrogens with zero attached hydrogens (tertiary/aromatic N) is 5. The number of aromatic nitrogens is 5. The van der Waals surface area contributed by atoms with Gasteiger partial charge in [0.1, 0.15) is 29.6 Å². The molecular formula is C14H23N7. The van der Waals surface area contributed by atoms with Gasteiger partial charge < -0.3 is 15.2 Å². The minimum absolute atomic E-state index is 0.765. The van der Waals surface area contributed by atoms with Crippen LogP contribution in [0.4, 0.5) is 11.6 Å². The second kappa shape index (κ2) is 7.56. The van der Waals surface area contributed by atoms with Crippen LogP contribution >= 0.6 is 0 Å². The summed E-state index contributed by atoms with van der Waals surface area (Å²) in [7, 11) is 1.95. The normalized spacial score (nSPS) is 10.6. The summed E-state index contributed by atoms with van der Waals surface area (Å²) in [5.74, 6) is 3.55. The molecule has 0 aliphatic heterocycles. The second-order valence-electron chi connectivity index (χ2n) is 4.87. The van der Waals surface area contributed by atoms with Crippen molar-refractivity contribution in [2.75, 3.05) is 23.7 Å². The van der Waals surface area contributed by atoms with Gasteiger partial charge in [-0.3, -0.25) is 0 Å². The summed E-state index contributed by atoms with van der Waals surface area (Å²) >= 11 is 0. The molecule has 2 rings (SSSR count). The lowest BCUT2D eigenvalue weighted by Crippen LogP contribution is -2.12. The summed E-state index contributed by atoms with van der Waals surface area (Å²) in [5.41, 5.74) is 0. The molecule has 0 spiro atoms. The van der Waals surface area contributed by atoms with Crippen LogP contribution in [0.5, 0.6) is 0 Å². The maximum absolute atomic E-state index is 4.54. The highest BCUT2D eigenvalue weighted by atomic mass is 15.2. The molecule has 0 fully saturated rings. The van der Waals surface area contributed by atoms with E-state index in [0.29, 0.717) is 0 Å². The zero-order valence-electron chi connectivity index (χ0n) is 12.9. The number of nitrogens with one attached hydrogen (secondary N) is 2. The average molecular weight is 289 g/mol. The zero-order chi connectivity index (χ0) is 15.1. The van der Waals surface area contributed by atoms with Gasteiger partial charge in [-0.2, -0.15) is 0 Å². The standard InChI is InChI=1S/C14H23N7/c1-4-6-11-18-12(15-5-2)9-13(19-11)16-8-7-14-20-17-10-21(14)3/h9-10H,4-8H2,1-3H3,(H2,15,16,18,19). The smallest absolute Gasteiger partial charge is 0.134 e. The Bertz CT molecular complexity index is 540. The molecule has 2 aromatic heterocycles.